The number of nitrogens with zero attached hydrogens (tertiary/aromatic N) is 3. The maximum Gasteiger partial charge on any atom is 0.282 e. The van der Waals surface area contributed by atoms with Gasteiger partial charge in [-0.2, -0.15) is 5.10 Å². The molecule has 1 aliphatic heterocycles. The molecular formula is C10H13FN4O2. The number of rotatable bonds is 3. The Labute approximate surface area is 97.5 Å². The van der Waals surface area contributed by atoms with Crippen LogP contribution in [-0.2, 0) is 9.53 Å². The highest BCUT2D eigenvalue weighted by atomic mass is 19.1. The number of carbonyl (C=O) groups is 1. The van der Waals surface area contributed by atoms with Crippen molar-refractivity contribution in [2.75, 3.05) is 13.7 Å². The van der Waals surface area contributed by atoms with Gasteiger partial charge in [0.25, 0.3) is 5.91 Å². The lowest BCUT2D eigenvalue weighted by Crippen LogP contribution is -2.32. The van der Waals surface area contributed by atoms with Crippen molar-refractivity contribution in [2.24, 2.45) is 0 Å². The molecular weight excluding hydrogens is 227 g/mol. The molecule has 1 fully saturated rings. The first-order chi connectivity index (χ1) is 8.13. The Hall–Kier alpha value is -1.76. The molecule has 1 saturated heterocycles. The first-order valence-electron chi connectivity index (χ1n) is 5.17. The molecule has 1 N–H and O–H groups in total. The summed E-state index contributed by atoms with van der Waals surface area (Å²) in [4.78, 5) is 17.0. The normalized spacial score (nSPS) is 24.0. The van der Waals surface area contributed by atoms with Gasteiger partial charge in [0.05, 0.1) is 12.1 Å². The number of halogens is 1. The molecule has 92 valence electrons. The fraction of sp³-hybridized carbons (Fsp3) is 0.500. The van der Waals surface area contributed by atoms with Crippen LogP contribution in [0.15, 0.2) is 18.7 Å². The van der Waals surface area contributed by atoms with E-state index in [2.05, 4.69) is 21.8 Å². The summed E-state index contributed by atoms with van der Waals surface area (Å²) in [7, 11) is 1.56. The zero-order chi connectivity index (χ0) is 12.4. The number of likely N-dealkylation sites (tertiary alicyclic amines) is 1. The number of amides is 1. The van der Waals surface area contributed by atoms with Crippen molar-refractivity contribution in [3.8, 4) is 0 Å². The zero-order valence-corrected chi connectivity index (χ0v) is 9.39. The monoisotopic (exact) mass is 240 g/mol. The molecule has 17 heavy (non-hydrogen) atoms. The third kappa shape index (κ3) is 2.19. The van der Waals surface area contributed by atoms with E-state index in [0.717, 1.165) is 0 Å². The highest BCUT2D eigenvalue weighted by Gasteiger charge is 2.38. The largest absolute Gasteiger partial charge is 0.380 e. The maximum absolute atomic E-state index is 12.9. The second-order valence-corrected chi connectivity index (χ2v) is 3.84. The molecule has 0 radical (unpaired) electrons. The number of nitrogens with one attached hydrogen (secondary N) is 1. The van der Waals surface area contributed by atoms with Gasteiger partial charge < -0.3 is 9.64 Å². The minimum Gasteiger partial charge on any atom is -0.380 e. The molecule has 6 nitrogen and oxygen atoms in total. The highest BCUT2D eigenvalue weighted by molar-refractivity contribution is 5.91. The van der Waals surface area contributed by atoms with Crippen molar-refractivity contribution in [1.29, 1.82) is 0 Å². The van der Waals surface area contributed by atoms with Gasteiger partial charge >= 0.3 is 0 Å². The Morgan fingerprint density at radius 1 is 1.76 bits per heavy atom. The predicted molar refractivity (Wildman–Crippen MR) is 56.5 cm³/mol. The minimum atomic E-state index is -0.980. The molecule has 1 aromatic rings. The van der Waals surface area contributed by atoms with E-state index in [-0.39, 0.29) is 12.1 Å². The number of H-pyrrole nitrogens is 1. The van der Waals surface area contributed by atoms with Gasteiger partial charge in [-0.3, -0.25) is 9.89 Å². The van der Waals surface area contributed by atoms with Gasteiger partial charge in [-0.05, 0) is 0 Å². The van der Waals surface area contributed by atoms with Crippen molar-refractivity contribution in [1.82, 2.24) is 20.1 Å². The van der Waals surface area contributed by atoms with E-state index >= 15 is 0 Å². The standard InChI is InChI=1S/C10H13FN4O2/c1-6(11)10(16)15-4-7(17-2)3-8(15)9-12-5-13-14-9/h5,7-8H,1,3-4H2,2H3,(H,12,13,14)/t7-,8+/m1/s1. The number of hydrogen-bond donors (Lipinski definition) is 1. The molecule has 0 unspecified atom stereocenters. The Kier molecular flexibility index (Phi) is 3.19. The summed E-state index contributed by atoms with van der Waals surface area (Å²) in [5.41, 5.74) is 0. The van der Waals surface area contributed by atoms with E-state index in [1.165, 1.54) is 11.2 Å². The zero-order valence-electron chi connectivity index (χ0n) is 9.39. The van der Waals surface area contributed by atoms with Gasteiger partial charge in [0, 0.05) is 20.1 Å². The van der Waals surface area contributed by atoms with Gasteiger partial charge in [0.2, 0.25) is 0 Å². The van der Waals surface area contributed by atoms with Crippen LogP contribution in [0.5, 0.6) is 0 Å². The molecule has 0 saturated carbocycles. The van der Waals surface area contributed by atoms with E-state index in [4.69, 9.17) is 4.74 Å². The van der Waals surface area contributed by atoms with Crippen LogP contribution in [0, 0.1) is 0 Å². The number of aromatic nitrogens is 3. The summed E-state index contributed by atoms with van der Waals surface area (Å²) in [5, 5.41) is 6.41. The molecule has 0 aliphatic carbocycles. The highest BCUT2D eigenvalue weighted by Crippen LogP contribution is 2.32. The number of aromatic amines is 1. The summed E-state index contributed by atoms with van der Waals surface area (Å²) in [6, 6.07) is -0.345. The van der Waals surface area contributed by atoms with Gasteiger partial charge in [-0.15, -0.1) is 0 Å². The molecule has 1 aliphatic rings. The smallest absolute Gasteiger partial charge is 0.282 e. The Bertz CT molecular complexity index is 420. The van der Waals surface area contributed by atoms with Crippen LogP contribution in [0.25, 0.3) is 0 Å². The topological polar surface area (TPSA) is 71.1 Å². The van der Waals surface area contributed by atoms with Crippen molar-refractivity contribution < 1.29 is 13.9 Å². The average Bonchev–Trinajstić information content (AvgIpc) is 2.96. The van der Waals surface area contributed by atoms with Crippen molar-refractivity contribution in [2.45, 2.75) is 18.6 Å². The maximum atomic E-state index is 12.9. The minimum absolute atomic E-state index is 0.131. The summed E-state index contributed by atoms with van der Waals surface area (Å²) >= 11 is 0. The number of hydrogen-bond acceptors (Lipinski definition) is 4. The Morgan fingerprint density at radius 2 is 2.53 bits per heavy atom. The lowest BCUT2D eigenvalue weighted by molar-refractivity contribution is -0.130. The summed E-state index contributed by atoms with van der Waals surface area (Å²) in [6.45, 7) is 3.34. The third-order valence-corrected chi connectivity index (χ3v) is 2.84. The number of methoxy groups -OCH3 is 1. The molecule has 2 heterocycles. The van der Waals surface area contributed by atoms with Crippen molar-refractivity contribution in [3.63, 3.8) is 0 Å². The van der Waals surface area contributed by atoms with Gasteiger partial charge in [-0.25, -0.2) is 9.37 Å². The van der Waals surface area contributed by atoms with Crippen molar-refractivity contribution >= 4 is 5.91 Å². The summed E-state index contributed by atoms with van der Waals surface area (Å²) in [5.74, 6) is -1.18. The van der Waals surface area contributed by atoms with E-state index < -0.39 is 11.7 Å². The quantitative estimate of drug-likeness (QED) is 0.784. The fourth-order valence-electron chi connectivity index (χ4n) is 1.98. The first-order valence-corrected chi connectivity index (χ1v) is 5.17. The molecule has 7 heteroatoms. The van der Waals surface area contributed by atoms with Crippen LogP contribution in [-0.4, -0.2) is 45.7 Å². The predicted octanol–water partition coefficient (Wildman–Crippen LogP) is 0.576. The molecule has 2 atom stereocenters. The van der Waals surface area contributed by atoms with Crippen LogP contribution in [0.2, 0.25) is 0 Å². The van der Waals surface area contributed by atoms with Crippen LogP contribution < -0.4 is 0 Å². The summed E-state index contributed by atoms with van der Waals surface area (Å²) in [6.07, 6.45) is 1.78. The lowest BCUT2D eigenvalue weighted by Gasteiger charge is -2.21. The molecule has 1 amide bonds. The summed E-state index contributed by atoms with van der Waals surface area (Å²) < 4.78 is 18.1. The number of carbonyl (C=O) groups excluding carboxylic acids is 1. The van der Waals surface area contributed by atoms with E-state index in [0.29, 0.717) is 18.8 Å². The van der Waals surface area contributed by atoms with Crippen LogP contribution >= 0.6 is 0 Å². The lowest BCUT2D eigenvalue weighted by atomic mass is 10.2. The molecule has 0 aromatic carbocycles. The van der Waals surface area contributed by atoms with E-state index in [1.54, 1.807) is 7.11 Å². The van der Waals surface area contributed by atoms with Crippen LogP contribution in [0.3, 0.4) is 0 Å². The van der Waals surface area contributed by atoms with Gasteiger partial charge in [-0.1, -0.05) is 6.58 Å². The van der Waals surface area contributed by atoms with Crippen LogP contribution in [0.4, 0.5) is 4.39 Å². The second-order valence-electron chi connectivity index (χ2n) is 3.84. The van der Waals surface area contributed by atoms with Gasteiger partial charge in [0.1, 0.15) is 12.2 Å². The molecule has 0 spiro atoms. The Balaban J connectivity index is 2.22. The molecule has 1 aromatic heterocycles. The number of ether oxygens (including phenoxy) is 1. The molecule has 2 rings (SSSR count). The SMILES string of the molecule is C=C(F)C(=O)N1C[C@H](OC)C[C@H]1c1ncn[nH]1. The average molecular weight is 240 g/mol. The third-order valence-electron chi connectivity index (χ3n) is 2.84. The Morgan fingerprint density at radius 3 is 3.06 bits per heavy atom. The second kappa shape index (κ2) is 4.62. The molecule has 0 bridgehead atoms. The van der Waals surface area contributed by atoms with Crippen LogP contribution in [0.1, 0.15) is 18.3 Å². The van der Waals surface area contributed by atoms with E-state index in [9.17, 15) is 9.18 Å². The van der Waals surface area contributed by atoms with Crippen molar-refractivity contribution in [3.05, 3.63) is 24.6 Å². The first kappa shape index (κ1) is 11.7. The fourth-order valence-corrected chi connectivity index (χ4v) is 1.98. The van der Waals surface area contributed by atoms with Gasteiger partial charge in [0.15, 0.2) is 5.83 Å². The van der Waals surface area contributed by atoms with E-state index in [1.807, 2.05) is 0 Å².